The highest BCUT2D eigenvalue weighted by Crippen LogP contribution is 2.54. The van der Waals surface area contributed by atoms with Gasteiger partial charge < -0.3 is 14.6 Å². The summed E-state index contributed by atoms with van der Waals surface area (Å²) in [6.07, 6.45) is 9.98. The van der Waals surface area contributed by atoms with Crippen LogP contribution in [0.1, 0.15) is 51.9 Å². The van der Waals surface area contributed by atoms with E-state index in [1.165, 1.54) is 0 Å². The normalized spacial score (nSPS) is 34.2. The van der Waals surface area contributed by atoms with E-state index in [-0.39, 0.29) is 36.7 Å². The average molecular weight is 366 g/mol. The molecule has 7 nitrogen and oxygen atoms in total. The van der Waals surface area contributed by atoms with Crippen LogP contribution >= 0.6 is 0 Å². The van der Waals surface area contributed by atoms with Crippen LogP contribution in [-0.2, 0) is 19.1 Å². The molecule has 3 aliphatic rings. The van der Waals surface area contributed by atoms with E-state index in [1.54, 1.807) is 0 Å². The molecular formula is C19H30N2O5. The van der Waals surface area contributed by atoms with Crippen molar-refractivity contribution in [3.63, 3.8) is 0 Å². The zero-order chi connectivity index (χ0) is 18.5. The summed E-state index contributed by atoms with van der Waals surface area (Å²) in [6.45, 7) is 2.75. The maximum atomic E-state index is 11.7. The summed E-state index contributed by atoms with van der Waals surface area (Å²) in [7, 11) is 0. The van der Waals surface area contributed by atoms with Crippen LogP contribution in [0.5, 0.6) is 0 Å². The van der Waals surface area contributed by atoms with E-state index in [9.17, 15) is 9.59 Å². The Labute approximate surface area is 154 Å². The third-order valence-electron chi connectivity index (χ3n) is 5.58. The van der Waals surface area contributed by atoms with Gasteiger partial charge in [-0.25, -0.2) is 5.43 Å². The fourth-order valence-corrected chi connectivity index (χ4v) is 4.16. The molecule has 3 N–H and O–H groups in total. The number of hydrogen-bond donors (Lipinski definition) is 3. The van der Waals surface area contributed by atoms with Crippen molar-refractivity contribution in [2.75, 3.05) is 6.54 Å². The molecule has 0 spiro atoms. The van der Waals surface area contributed by atoms with Crippen molar-refractivity contribution in [3.8, 4) is 0 Å². The van der Waals surface area contributed by atoms with Crippen LogP contribution in [0.4, 0.5) is 0 Å². The number of epoxide rings is 1. The number of carboxylic acid groups (broad SMARTS) is 1. The number of amides is 1. The fourth-order valence-electron chi connectivity index (χ4n) is 4.16. The Balaban J connectivity index is 1.42. The van der Waals surface area contributed by atoms with Crippen molar-refractivity contribution in [3.05, 3.63) is 12.2 Å². The van der Waals surface area contributed by atoms with Crippen LogP contribution in [0.25, 0.3) is 0 Å². The molecule has 0 saturated carbocycles. The molecule has 3 fully saturated rings. The number of allylic oxidation sites excluding steroid dienone is 2. The van der Waals surface area contributed by atoms with Gasteiger partial charge in [-0.2, -0.15) is 0 Å². The van der Waals surface area contributed by atoms with Crippen molar-refractivity contribution >= 4 is 11.9 Å². The SMILES string of the molecule is CCCCC(=O)NNC[C@@H]1[C@H](C/C=C\CCCC(=O)O)[C@H]2O[C@@H]1[C@H]1O[C@H]12. The number of hydrogen-bond acceptors (Lipinski definition) is 5. The van der Waals surface area contributed by atoms with Crippen LogP contribution in [0.15, 0.2) is 12.2 Å². The number of carboxylic acids is 1. The van der Waals surface area contributed by atoms with Crippen LogP contribution < -0.4 is 10.9 Å². The van der Waals surface area contributed by atoms with Gasteiger partial charge in [0.1, 0.15) is 12.2 Å². The zero-order valence-corrected chi connectivity index (χ0v) is 15.4. The lowest BCUT2D eigenvalue weighted by Gasteiger charge is -2.25. The summed E-state index contributed by atoms with van der Waals surface area (Å²) >= 11 is 0. The Morgan fingerprint density at radius 3 is 2.46 bits per heavy atom. The number of unbranched alkanes of at least 4 members (excludes halogenated alkanes) is 2. The van der Waals surface area contributed by atoms with Crippen LogP contribution in [-0.4, -0.2) is 47.9 Å². The maximum absolute atomic E-state index is 11.7. The summed E-state index contributed by atoms with van der Waals surface area (Å²) in [5, 5.41) is 8.66. The number of rotatable bonds is 12. The maximum Gasteiger partial charge on any atom is 0.303 e. The van der Waals surface area contributed by atoms with Crippen LogP contribution in [0, 0.1) is 11.8 Å². The largest absolute Gasteiger partial charge is 0.481 e. The average Bonchev–Trinajstić information content (AvgIpc) is 3.24. The lowest BCUT2D eigenvalue weighted by atomic mass is 9.77. The highest BCUT2D eigenvalue weighted by atomic mass is 16.7. The second-order valence-electron chi connectivity index (χ2n) is 7.48. The number of carbonyl (C=O) groups excluding carboxylic acids is 1. The summed E-state index contributed by atoms with van der Waals surface area (Å²) in [6, 6.07) is 0. The molecule has 146 valence electrons. The molecule has 0 radical (unpaired) electrons. The van der Waals surface area contributed by atoms with E-state index < -0.39 is 5.97 Å². The third-order valence-corrected chi connectivity index (χ3v) is 5.58. The first-order chi connectivity index (χ1) is 12.6. The molecule has 6 atom stereocenters. The highest BCUT2D eigenvalue weighted by molar-refractivity contribution is 5.75. The van der Waals surface area contributed by atoms with E-state index in [0.717, 1.165) is 25.7 Å². The highest BCUT2D eigenvalue weighted by Gasteiger charge is 2.68. The van der Waals surface area contributed by atoms with Crippen molar-refractivity contribution < 1.29 is 24.2 Å². The van der Waals surface area contributed by atoms with Gasteiger partial charge in [0.05, 0.1) is 12.2 Å². The molecule has 3 saturated heterocycles. The molecular weight excluding hydrogens is 336 g/mol. The van der Waals surface area contributed by atoms with E-state index >= 15 is 0 Å². The second kappa shape index (κ2) is 8.97. The quantitative estimate of drug-likeness (QED) is 0.211. The standard InChI is InChI=1S/C19H30N2O5/c1-2-3-9-14(22)21-20-11-13-12(8-6-4-5-7-10-15(23)24)16-18-19(26-18)17(13)25-16/h4,6,12-13,16-20H,2-3,5,7-11H2,1H3,(H,21,22)(H,23,24)/b6-4-/t12-,13+,16+,17-,18-,19+/m0/s1. The summed E-state index contributed by atoms with van der Waals surface area (Å²) in [4.78, 5) is 22.3. The molecule has 0 aromatic rings. The second-order valence-corrected chi connectivity index (χ2v) is 7.48. The molecule has 3 rings (SSSR count). The number of carbonyl (C=O) groups is 2. The summed E-state index contributed by atoms with van der Waals surface area (Å²) in [5.74, 6) is -0.0197. The van der Waals surface area contributed by atoms with Crippen molar-refractivity contribution in [1.29, 1.82) is 0 Å². The molecule has 0 unspecified atom stereocenters. The van der Waals surface area contributed by atoms with E-state index in [2.05, 4.69) is 29.9 Å². The molecule has 1 amide bonds. The van der Waals surface area contributed by atoms with Gasteiger partial charge in [0, 0.05) is 25.3 Å². The first-order valence-electron chi connectivity index (χ1n) is 9.81. The fraction of sp³-hybridized carbons (Fsp3) is 0.789. The van der Waals surface area contributed by atoms with Crippen molar-refractivity contribution in [1.82, 2.24) is 10.9 Å². The number of ether oxygens (including phenoxy) is 2. The number of aliphatic carboxylic acids is 1. The number of fused-ring (bicyclic) bond motifs is 5. The molecule has 2 bridgehead atoms. The van der Waals surface area contributed by atoms with E-state index in [0.29, 0.717) is 31.2 Å². The van der Waals surface area contributed by atoms with Gasteiger partial charge in [0.2, 0.25) is 5.91 Å². The van der Waals surface area contributed by atoms with Gasteiger partial charge in [-0.3, -0.25) is 15.0 Å². The first-order valence-corrected chi connectivity index (χ1v) is 9.81. The minimum atomic E-state index is -0.746. The Hall–Kier alpha value is -1.44. The molecule has 0 aromatic heterocycles. The van der Waals surface area contributed by atoms with Crippen LogP contribution in [0.3, 0.4) is 0 Å². The number of hydrazine groups is 1. The molecule has 7 heteroatoms. The molecule has 0 aromatic carbocycles. The predicted octanol–water partition coefficient (Wildman–Crippen LogP) is 1.78. The van der Waals surface area contributed by atoms with Gasteiger partial charge in [0.15, 0.2) is 0 Å². The smallest absolute Gasteiger partial charge is 0.303 e. The Morgan fingerprint density at radius 1 is 1.00 bits per heavy atom. The Bertz CT molecular complexity index is 538. The van der Waals surface area contributed by atoms with Gasteiger partial charge in [-0.1, -0.05) is 25.5 Å². The lowest BCUT2D eigenvalue weighted by Crippen LogP contribution is -2.45. The monoisotopic (exact) mass is 366 g/mol. The molecule has 0 aliphatic carbocycles. The Kier molecular flexibility index (Phi) is 6.67. The third kappa shape index (κ3) is 4.64. The summed E-state index contributed by atoms with van der Waals surface area (Å²) < 4.78 is 11.8. The van der Waals surface area contributed by atoms with Crippen LogP contribution in [0.2, 0.25) is 0 Å². The van der Waals surface area contributed by atoms with Gasteiger partial charge in [0.25, 0.3) is 0 Å². The summed E-state index contributed by atoms with van der Waals surface area (Å²) in [5.41, 5.74) is 5.88. The topological polar surface area (TPSA) is 100 Å². The molecule has 3 aliphatic heterocycles. The van der Waals surface area contributed by atoms with Gasteiger partial charge in [-0.05, 0) is 31.6 Å². The van der Waals surface area contributed by atoms with Gasteiger partial charge >= 0.3 is 5.97 Å². The first kappa shape index (κ1) is 19.3. The molecule has 3 heterocycles. The zero-order valence-electron chi connectivity index (χ0n) is 15.4. The van der Waals surface area contributed by atoms with E-state index in [4.69, 9.17) is 14.6 Å². The number of nitrogens with one attached hydrogen (secondary N) is 2. The van der Waals surface area contributed by atoms with E-state index in [1.807, 2.05) is 0 Å². The van der Waals surface area contributed by atoms with Gasteiger partial charge in [-0.15, -0.1) is 0 Å². The lowest BCUT2D eigenvalue weighted by molar-refractivity contribution is -0.137. The van der Waals surface area contributed by atoms with Crippen molar-refractivity contribution in [2.24, 2.45) is 11.8 Å². The minimum Gasteiger partial charge on any atom is -0.481 e. The minimum absolute atomic E-state index is 0.0337. The van der Waals surface area contributed by atoms with Crippen molar-refractivity contribution in [2.45, 2.75) is 76.3 Å². The predicted molar refractivity (Wildman–Crippen MR) is 95.2 cm³/mol. The molecule has 26 heavy (non-hydrogen) atoms. The Morgan fingerprint density at radius 2 is 1.73 bits per heavy atom.